The number of carbonyl (C=O) groups is 1. The molecule has 4 rings (SSSR count). The second-order valence-electron chi connectivity index (χ2n) is 13.2. The lowest BCUT2D eigenvalue weighted by molar-refractivity contribution is 0.125. The molecular weight excluding hydrogens is 743 g/mol. The van der Waals surface area contributed by atoms with Crippen molar-refractivity contribution in [1.82, 2.24) is 14.7 Å². The summed E-state index contributed by atoms with van der Waals surface area (Å²) in [4.78, 5) is 25.4. The molecule has 2 aromatic rings. The maximum atomic E-state index is 14.8. The molecule has 0 aromatic heterocycles. The summed E-state index contributed by atoms with van der Waals surface area (Å²) in [5.41, 5.74) is 0.278. The van der Waals surface area contributed by atoms with Crippen LogP contribution < -0.4 is 4.74 Å². The van der Waals surface area contributed by atoms with Gasteiger partial charge >= 0.3 is 6.03 Å². The number of allylic oxidation sites excluding steroid dienone is 3. The van der Waals surface area contributed by atoms with E-state index in [-0.39, 0.29) is 52.4 Å². The normalized spacial score (nSPS) is 17.8. The largest absolute Gasteiger partial charge is 0.493 e. The first-order valence-electron chi connectivity index (χ1n) is 16.4. The molecule has 2 aromatic carbocycles. The van der Waals surface area contributed by atoms with Crippen molar-refractivity contribution in [1.29, 1.82) is 0 Å². The van der Waals surface area contributed by atoms with Crippen LogP contribution in [-0.2, 0) is 26.2 Å². The molecule has 1 aliphatic carbocycles. The molecule has 0 bridgehead atoms. The number of halogens is 3. The number of hydrogen-bond donors (Lipinski definition) is 0. The first-order chi connectivity index (χ1) is 23.4. The van der Waals surface area contributed by atoms with Crippen molar-refractivity contribution in [2.24, 2.45) is 10.9 Å². The van der Waals surface area contributed by atoms with Crippen LogP contribution in [0.2, 0.25) is 10.0 Å². The van der Waals surface area contributed by atoms with Gasteiger partial charge in [-0.3, -0.25) is 14.8 Å². The van der Waals surface area contributed by atoms with Gasteiger partial charge in [0.05, 0.1) is 39.9 Å². The smallest absolute Gasteiger partial charge is 0.326 e. The van der Waals surface area contributed by atoms with Crippen LogP contribution in [0.25, 0.3) is 0 Å². The fraction of sp³-hybridized carbons (Fsp3) is 0.486. The third kappa shape index (κ3) is 10.9. The van der Waals surface area contributed by atoms with Crippen LogP contribution in [0.5, 0.6) is 5.75 Å². The maximum absolute atomic E-state index is 14.8. The summed E-state index contributed by atoms with van der Waals surface area (Å²) in [6.07, 6.45) is 9.17. The van der Waals surface area contributed by atoms with Crippen molar-refractivity contribution in [2.75, 3.05) is 57.6 Å². The molecule has 0 N–H and O–H groups in total. The molecule has 0 saturated carbocycles. The molecule has 2 aliphatic rings. The van der Waals surface area contributed by atoms with E-state index < -0.39 is 25.2 Å². The highest BCUT2D eigenvalue weighted by Crippen LogP contribution is 2.36. The first-order valence-corrected chi connectivity index (χ1v) is 21.5. The number of rotatable bonds is 12. The Labute approximate surface area is 311 Å². The Hall–Kier alpha value is -2.61. The van der Waals surface area contributed by atoms with E-state index in [0.717, 1.165) is 11.8 Å². The summed E-state index contributed by atoms with van der Waals surface area (Å²) in [6, 6.07) is 9.72. The van der Waals surface area contributed by atoms with E-state index >= 15 is 0 Å². The average molecular weight is 788 g/mol. The third-order valence-corrected chi connectivity index (χ3v) is 11.8. The molecule has 1 atom stereocenters. The minimum atomic E-state index is -3.79. The molecule has 50 heavy (non-hydrogen) atoms. The highest BCUT2D eigenvalue weighted by molar-refractivity contribution is 7.91. The minimum absolute atomic E-state index is 0.00382. The first kappa shape index (κ1) is 40.2. The number of urea groups is 1. The van der Waals surface area contributed by atoms with Crippen molar-refractivity contribution in [3.8, 4) is 5.75 Å². The van der Waals surface area contributed by atoms with Crippen molar-refractivity contribution < 1.29 is 26.4 Å². The molecule has 1 aliphatic heterocycles. The summed E-state index contributed by atoms with van der Waals surface area (Å²) in [5.74, 6) is 0.518. The average Bonchev–Trinajstić information content (AvgIpc) is 3.03. The summed E-state index contributed by atoms with van der Waals surface area (Å²) >= 11 is 19.0. The van der Waals surface area contributed by atoms with Gasteiger partial charge < -0.3 is 9.64 Å². The molecule has 2 amide bonds. The topological polar surface area (TPSA) is 117 Å². The highest BCUT2D eigenvalue weighted by Gasteiger charge is 2.35. The summed E-state index contributed by atoms with van der Waals surface area (Å²) in [7, 11) is -6.86. The molecule has 1 saturated heterocycles. The molecule has 15 heteroatoms. The van der Waals surface area contributed by atoms with Crippen LogP contribution in [0.3, 0.4) is 0 Å². The van der Waals surface area contributed by atoms with Crippen LogP contribution in [0.4, 0.5) is 4.79 Å². The van der Waals surface area contributed by atoms with E-state index in [9.17, 15) is 21.6 Å². The number of nitrogens with zero attached hydrogens (tertiary/aromatic N) is 4. The number of carbonyl (C=O) groups excluding carboxylic acids is 1. The monoisotopic (exact) mass is 786 g/mol. The Kier molecular flexibility index (Phi) is 13.5. The lowest BCUT2D eigenvalue weighted by Gasteiger charge is -2.39. The van der Waals surface area contributed by atoms with Crippen molar-refractivity contribution >= 4 is 66.3 Å². The molecule has 10 nitrogen and oxygen atoms in total. The molecule has 1 heterocycles. The number of amidine groups is 1. The molecule has 0 radical (unpaired) electrons. The lowest BCUT2D eigenvalue weighted by Crippen LogP contribution is -2.54. The van der Waals surface area contributed by atoms with E-state index in [4.69, 9.17) is 44.5 Å². The second-order valence-corrected chi connectivity index (χ2v) is 18.7. The molecule has 1 fully saturated rings. The number of sulfone groups is 2. The number of aliphatic imine (C=N–C) groups is 1. The van der Waals surface area contributed by atoms with Gasteiger partial charge in [-0.25, -0.2) is 21.6 Å². The number of ether oxygens (including phenoxy) is 1. The van der Waals surface area contributed by atoms with E-state index in [1.54, 1.807) is 28.9 Å². The minimum Gasteiger partial charge on any atom is -0.493 e. The third-order valence-electron chi connectivity index (χ3n) is 8.70. The van der Waals surface area contributed by atoms with Crippen LogP contribution in [0.1, 0.15) is 44.7 Å². The summed E-state index contributed by atoms with van der Waals surface area (Å²) in [5, 5.41) is 1.17. The van der Waals surface area contributed by atoms with Gasteiger partial charge in [0.25, 0.3) is 0 Å². The van der Waals surface area contributed by atoms with Gasteiger partial charge in [0.2, 0.25) is 0 Å². The second kappa shape index (κ2) is 16.8. The fourth-order valence-corrected chi connectivity index (χ4v) is 8.16. The fourth-order valence-electron chi connectivity index (χ4n) is 5.90. The Morgan fingerprint density at radius 2 is 1.68 bits per heavy atom. The zero-order chi connectivity index (χ0) is 36.9. The summed E-state index contributed by atoms with van der Waals surface area (Å²) in [6.45, 7) is 8.59. The van der Waals surface area contributed by atoms with E-state index in [0.29, 0.717) is 61.2 Å². The van der Waals surface area contributed by atoms with Crippen molar-refractivity contribution in [3.63, 3.8) is 0 Å². The van der Waals surface area contributed by atoms with Crippen LogP contribution in [0, 0.1) is 5.92 Å². The van der Waals surface area contributed by atoms with Crippen LogP contribution >= 0.6 is 34.8 Å². The van der Waals surface area contributed by atoms with Gasteiger partial charge in [0, 0.05) is 60.7 Å². The van der Waals surface area contributed by atoms with Crippen molar-refractivity contribution in [2.45, 2.75) is 50.6 Å². The SMILES string of the molecule is CCOc1cc(Cl)c(S(C)(=O)=O)cc1C(=NC(C)(C)C1C=CC(Cl)=CC1)N(Cc1ccc(Cl)cc1)C(=O)N1CCN(CCCS(C)(=O)=O)CC1. The van der Waals surface area contributed by atoms with Crippen molar-refractivity contribution in [3.05, 3.63) is 80.8 Å². The van der Waals surface area contributed by atoms with Gasteiger partial charge in [0.1, 0.15) is 21.4 Å². The Bertz CT molecular complexity index is 1850. The standard InChI is InChI=1S/C35H45Cl3N4O6S2/c1-6-48-31-23-30(38)32(50(5,46)47)22-29(31)33(39-35(2,3)26-10-14-28(37)15-11-26)42(24-25-8-12-27(36)13-9-25)34(43)41-19-17-40(18-20-41)16-7-21-49(4,44)45/h8-10,12-15,22-23,26H,6-7,11,16-21,24H2,1-5H3. The Morgan fingerprint density at radius 3 is 2.24 bits per heavy atom. The van der Waals surface area contributed by atoms with E-state index in [2.05, 4.69) is 4.90 Å². The van der Waals surface area contributed by atoms with E-state index in [1.165, 1.54) is 18.4 Å². The molecule has 274 valence electrons. The van der Waals surface area contributed by atoms with Gasteiger partial charge in [-0.15, -0.1) is 0 Å². The Balaban J connectivity index is 1.85. The molecule has 1 unspecified atom stereocenters. The van der Waals surface area contributed by atoms with Gasteiger partial charge in [-0.2, -0.15) is 0 Å². The van der Waals surface area contributed by atoms with Crippen LogP contribution in [-0.4, -0.2) is 107 Å². The predicted molar refractivity (Wildman–Crippen MR) is 202 cm³/mol. The van der Waals surface area contributed by atoms with E-state index in [1.807, 2.05) is 44.2 Å². The zero-order valence-corrected chi connectivity index (χ0v) is 32.9. The van der Waals surface area contributed by atoms with Gasteiger partial charge in [0.15, 0.2) is 9.84 Å². The van der Waals surface area contributed by atoms with Gasteiger partial charge in [-0.1, -0.05) is 59.1 Å². The number of benzene rings is 2. The Morgan fingerprint density at radius 1 is 1.02 bits per heavy atom. The quantitative estimate of drug-likeness (QED) is 0.174. The number of hydrogen-bond acceptors (Lipinski definition) is 8. The number of piperazine rings is 1. The number of amides is 2. The molecular formula is C35H45Cl3N4O6S2. The summed E-state index contributed by atoms with van der Waals surface area (Å²) < 4.78 is 55.3. The highest BCUT2D eigenvalue weighted by atomic mass is 35.5. The van der Waals surface area contributed by atoms with Crippen LogP contribution in [0.15, 0.2) is 69.5 Å². The predicted octanol–water partition coefficient (Wildman–Crippen LogP) is 6.69. The van der Waals surface area contributed by atoms with Gasteiger partial charge in [-0.05, 0) is 70.0 Å². The zero-order valence-electron chi connectivity index (χ0n) is 29.0. The lowest BCUT2D eigenvalue weighted by atomic mass is 9.83. The maximum Gasteiger partial charge on any atom is 0.326 e. The molecule has 0 spiro atoms.